The van der Waals surface area contributed by atoms with Gasteiger partial charge in [-0.3, -0.25) is 4.70 Å². The zero-order chi connectivity index (χ0) is 11.4. The van der Waals surface area contributed by atoms with Crippen LogP contribution in [0.1, 0.15) is 0 Å². The standard InChI is InChI=1S/C12H10N2O2.FH/c15-14(16)13(11-7-3-1-4-8-11)12-9-5-2-6-10-12;/h1-10H;1H. The number of rotatable bonds is 3. The Morgan fingerprint density at radius 1 is 0.824 bits per heavy atom. The molecule has 17 heavy (non-hydrogen) atoms. The number of hydrogen-bond acceptors (Lipinski definition) is 2. The lowest BCUT2D eigenvalue weighted by atomic mass is 10.2. The van der Waals surface area contributed by atoms with Crippen LogP contribution in [-0.4, -0.2) is 5.03 Å². The average molecular weight is 234 g/mol. The molecule has 0 N–H and O–H groups in total. The van der Waals surface area contributed by atoms with Crippen LogP contribution in [0.4, 0.5) is 16.1 Å². The molecule has 0 bridgehead atoms. The number of para-hydroxylation sites is 2. The van der Waals surface area contributed by atoms with Crippen molar-refractivity contribution in [3.05, 3.63) is 70.8 Å². The van der Waals surface area contributed by atoms with Crippen molar-refractivity contribution in [2.45, 2.75) is 0 Å². The van der Waals surface area contributed by atoms with Crippen LogP contribution in [0.2, 0.25) is 0 Å². The number of anilines is 2. The average Bonchev–Trinajstić information content (AvgIpc) is 2.31. The van der Waals surface area contributed by atoms with Gasteiger partial charge in [-0.1, -0.05) is 41.4 Å². The van der Waals surface area contributed by atoms with Crippen molar-refractivity contribution in [3.63, 3.8) is 0 Å². The second kappa shape index (κ2) is 5.60. The Kier molecular flexibility index (Phi) is 4.16. The lowest BCUT2D eigenvalue weighted by Gasteiger charge is -2.13. The fourth-order valence-electron chi connectivity index (χ4n) is 1.48. The molecule has 0 fully saturated rings. The molecule has 0 amide bonds. The van der Waals surface area contributed by atoms with Gasteiger partial charge in [-0.25, -0.2) is 10.1 Å². The SMILES string of the molecule is F.O=[N+]([O-])N(c1ccccc1)c1ccccc1. The third-order valence-corrected chi connectivity index (χ3v) is 2.16. The number of benzene rings is 2. The van der Waals surface area contributed by atoms with Gasteiger partial charge in [-0.15, -0.1) is 0 Å². The summed E-state index contributed by atoms with van der Waals surface area (Å²) in [7, 11) is 0. The lowest BCUT2D eigenvalue weighted by Crippen LogP contribution is -2.23. The Balaban J connectivity index is 0.00000144. The second-order valence-corrected chi connectivity index (χ2v) is 3.22. The predicted octanol–water partition coefficient (Wildman–Crippen LogP) is 3.17. The normalized spacial score (nSPS) is 9.18. The van der Waals surface area contributed by atoms with E-state index in [1.807, 2.05) is 12.1 Å². The molecule has 0 aliphatic rings. The van der Waals surface area contributed by atoms with Gasteiger partial charge in [0.05, 0.1) is 0 Å². The maximum absolute atomic E-state index is 11.0. The van der Waals surface area contributed by atoms with Gasteiger partial charge in [0.1, 0.15) is 11.4 Å². The molecule has 0 spiro atoms. The van der Waals surface area contributed by atoms with E-state index in [4.69, 9.17) is 0 Å². The van der Waals surface area contributed by atoms with Crippen LogP contribution in [0.3, 0.4) is 0 Å². The number of halogens is 1. The summed E-state index contributed by atoms with van der Waals surface area (Å²) >= 11 is 0. The van der Waals surface area contributed by atoms with E-state index in [0.717, 1.165) is 5.01 Å². The Labute approximate surface area is 97.6 Å². The molecule has 2 rings (SSSR count). The zero-order valence-electron chi connectivity index (χ0n) is 8.89. The highest BCUT2D eigenvalue weighted by Crippen LogP contribution is 2.24. The Morgan fingerprint density at radius 2 is 1.18 bits per heavy atom. The maximum atomic E-state index is 11.0. The van der Waals surface area contributed by atoms with Crippen LogP contribution in [-0.2, 0) is 0 Å². The third kappa shape index (κ3) is 2.78. The van der Waals surface area contributed by atoms with Crippen LogP contribution in [0.25, 0.3) is 0 Å². The highest BCUT2D eigenvalue weighted by atomic mass is 19.0. The largest absolute Gasteiger partial charge is 0.269 e. The van der Waals surface area contributed by atoms with Crippen molar-refractivity contribution >= 4 is 11.4 Å². The Morgan fingerprint density at radius 3 is 1.47 bits per heavy atom. The molecular weight excluding hydrogens is 223 g/mol. The minimum atomic E-state index is -0.426. The molecule has 0 saturated carbocycles. The summed E-state index contributed by atoms with van der Waals surface area (Å²) in [6, 6.07) is 17.6. The molecule has 0 unspecified atom stereocenters. The topological polar surface area (TPSA) is 46.4 Å². The fraction of sp³-hybridized carbons (Fsp3) is 0. The molecule has 2 aromatic carbocycles. The van der Waals surface area contributed by atoms with Gasteiger partial charge >= 0.3 is 0 Å². The minimum Gasteiger partial charge on any atom is -0.269 e. The first-order valence-corrected chi connectivity index (χ1v) is 4.83. The van der Waals surface area contributed by atoms with Crippen molar-refractivity contribution in [1.82, 2.24) is 0 Å². The quantitative estimate of drug-likeness (QED) is 0.605. The van der Waals surface area contributed by atoms with Gasteiger partial charge in [-0.2, -0.15) is 0 Å². The fourth-order valence-corrected chi connectivity index (χ4v) is 1.48. The van der Waals surface area contributed by atoms with E-state index in [-0.39, 0.29) is 4.70 Å². The molecule has 4 nitrogen and oxygen atoms in total. The maximum Gasteiger partial charge on any atom is 0.170 e. The number of nitro groups is 1. The Bertz CT molecular complexity index is 437. The van der Waals surface area contributed by atoms with Crippen LogP contribution in [0, 0.1) is 10.1 Å². The Hall–Kier alpha value is -2.43. The molecule has 5 heteroatoms. The second-order valence-electron chi connectivity index (χ2n) is 3.22. The van der Waals surface area contributed by atoms with Crippen molar-refractivity contribution < 1.29 is 9.74 Å². The first-order chi connectivity index (χ1) is 7.79. The molecule has 88 valence electrons. The summed E-state index contributed by atoms with van der Waals surface area (Å²) < 4.78 is 0. The highest BCUT2D eigenvalue weighted by Gasteiger charge is 2.18. The first kappa shape index (κ1) is 12.6. The van der Waals surface area contributed by atoms with E-state index in [1.165, 1.54) is 0 Å². The number of nitrogens with zero attached hydrogens (tertiary/aromatic N) is 2. The smallest absolute Gasteiger partial charge is 0.170 e. The van der Waals surface area contributed by atoms with Crippen molar-refractivity contribution in [1.29, 1.82) is 0 Å². The van der Waals surface area contributed by atoms with Crippen molar-refractivity contribution in [2.75, 3.05) is 5.01 Å². The molecule has 0 saturated heterocycles. The third-order valence-electron chi connectivity index (χ3n) is 2.16. The molecule has 0 atom stereocenters. The molecule has 0 aliphatic heterocycles. The van der Waals surface area contributed by atoms with Crippen LogP contribution in [0.15, 0.2) is 60.7 Å². The summed E-state index contributed by atoms with van der Waals surface area (Å²) in [5.74, 6) is 0. The highest BCUT2D eigenvalue weighted by molar-refractivity contribution is 5.59. The van der Waals surface area contributed by atoms with Crippen LogP contribution in [0.5, 0.6) is 0 Å². The predicted molar refractivity (Wildman–Crippen MR) is 64.5 cm³/mol. The van der Waals surface area contributed by atoms with Gasteiger partial charge in [0.25, 0.3) is 0 Å². The van der Waals surface area contributed by atoms with E-state index in [2.05, 4.69) is 0 Å². The summed E-state index contributed by atoms with van der Waals surface area (Å²) in [6.07, 6.45) is 0. The van der Waals surface area contributed by atoms with E-state index in [0.29, 0.717) is 11.4 Å². The van der Waals surface area contributed by atoms with Crippen LogP contribution >= 0.6 is 0 Å². The number of hydrogen-bond donors (Lipinski definition) is 0. The van der Waals surface area contributed by atoms with Crippen LogP contribution < -0.4 is 5.01 Å². The summed E-state index contributed by atoms with van der Waals surface area (Å²) in [5, 5.41) is 11.7. The van der Waals surface area contributed by atoms with Gasteiger partial charge in [0.15, 0.2) is 5.03 Å². The summed E-state index contributed by atoms with van der Waals surface area (Å²) in [6.45, 7) is 0. The van der Waals surface area contributed by atoms with Gasteiger partial charge in [0, 0.05) is 0 Å². The van der Waals surface area contributed by atoms with Gasteiger partial charge in [-0.05, 0) is 24.3 Å². The molecule has 0 aromatic heterocycles. The summed E-state index contributed by atoms with van der Waals surface area (Å²) in [5.41, 5.74) is 1.08. The summed E-state index contributed by atoms with van der Waals surface area (Å²) in [4.78, 5) is 11.0. The van der Waals surface area contributed by atoms with Gasteiger partial charge < -0.3 is 0 Å². The van der Waals surface area contributed by atoms with Crippen molar-refractivity contribution in [3.8, 4) is 0 Å². The lowest BCUT2D eigenvalue weighted by molar-refractivity contribution is -0.483. The first-order valence-electron chi connectivity index (χ1n) is 4.83. The molecule has 0 radical (unpaired) electrons. The van der Waals surface area contributed by atoms with E-state index < -0.39 is 5.03 Å². The number of hydrazine groups is 1. The molecule has 0 heterocycles. The van der Waals surface area contributed by atoms with Gasteiger partial charge in [0.2, 0.25) is 0 Å². The minimum absolute atomic E-state index is 0. The molecule has 2 aromatic rings. The van der Waals surface area contributed by atoms with E-state index in [1.54, 1.807) is 48.5 Å². The molecular formula is C12H11FN2O2. The van der Waals surface area contributed by atoms with E-state index in [9.17, 15) is 10.1 Å². The molecule has 0 aliphatic carbocycles. The monoisotopic (exact) mass is 234 g/mol. The zero-order valence-corrected chi connectivity index (χ0v) is 8.89. The van der Waals surface area contributed by atoms with E-state index >= 15 is 0 Å². The van der Waals surface area contributed by atoms with Crippen molar-refractivity contribution in [2.24, 2.45) is 0 Å².